The normalized spacial score (nSPS) is 26.9. The van der Waals surface area contributed by atoms with Gasteiger partial charge in [-0.1, -0.05) is 0 Å². The molecule has 0 radical (unpaired) electrons. The van der Waals surface area contributed by atoms with Crippen molar-refractivity contribution in [3.05, 3.63) is 29.8 Å². The number of nitrogens with zero attached hydrogens (tertiary/aromatic N) is 4. The highest BCUT2D eigenvalue weighted by molar-refractivity contribution is 5.62. The lowest BCUT2D eigenvalue weighted by Gasteiger charge is -2.19. The molecule has 2 N–H and O–H groups in total. The molecule has 3 fully saturated rings. The largest absolute Gasteiger partial charge is 0.419 e. The van der Waals surface area contributed by atoms with Crippen molar-refractivity contribution in [2.24, 2.45) is 11.8 Å². The van der Waals surface area contributed by atoms with Crippen LogP contribution in [0.15, 0.2) is 18.5 Å². The van der Waals surface area contributed by atoms with E-state index in [0.717, 1.165) is 24.7 Å². The predicted octanol–water partition coefficient (Wildman–Crippen LogP) is 3.79. The van der Waals surface area contributed by atoms with Crippen LogP contribution in [0.4, 0.5) is 27.8 Å². The molecule has 156 valence electrons. The van der Waals surface area contributed by atoms with Crippen LogP contribution in [0.5, 0.6) is 0 Å². The number of hydrogen-bond acceptors (Lipinski definition) is 4. The maximum Gasteiger partial charge on any atom is 0.419 e. The number of hydrogen-bond donors (Lipinski definition) is 1. The zero-order valence-electron chi connectivity index (χ0n) is 15.4. The number of anilines is 1. The molecule has 3 aliphatic rings. The maximum absolute atomic E-state index is 13.2. The Labute approximate surface area is 163 Å². The highest BCUT2D eigenvalue weighted by Gasteiger charge is 2.57. The van der Waals surface area contributed by atoms with Crippen molar-refractivity contribution >= 4 is 5.82 Å². The van der Waals surface area contributed by atoms with Gasteiger partial charge in [0.25, 0.3) is 6.43 Å². The van der Waals surface area contributed by atoms with Gasteiger partial charge in [0.15, 0.2) is 0 Å². The van der Waals surface area contributed by atoms with Crippen molar-refractivity contribution in [3.63, 3.8) is 0 Å². The van der Waals surface area contributed by atoms with Gasteiger partial charge in [-0.3, -0.25) is 4.90 Å². The first-order valence-corrected chi connectivity index (χ1v) is 9.64. The summed E-state index contributed by atoms with van der Waals surface area (Å²) in [5.41, 5.74) is 5.15. The van der Waals surface area contributed by atoms with Crippen molar-refractivity contribution in [3.8, 4) is 11.3 Å². The molecule has 0 aromatic carbocycles. The lowest BCUT2D eigenvalue weighted by molar-refractivity contribution is -0.137. The van der Waals surface area contributed by atoms with Crippen molar-refractivity contribution in [2.45, 2.75) is 37.4 Å². The molecule has 10 heteroatoms. The predicted molar refractivity (Wildman–Crippen MR) is 95.3 cm³/mol. The Hall–Kier alpha value is -2.23. The fraction of sp³-hybridized carbons (Fsp3) is 0.579. The number of rotatable bonds is 5. The fourth-order valence-corrected chi connectivity index (χ4v) is 4.61. The fourth-order valence-electron chi connectivity index (χ4n) is 4.61. The molecule has 2 saturated carbocycles. The third kappa shape index (κ3) is 3.37. The molecule has 5 nitrogen and oxygen atoms in total. The molecule has 2 aromatic rings. The zero-order chi connectivity index (χ0) is 20.5. The zero-order valence-corrected chi connectivity index (χ0v) is 15.4. The van der Waals surface area contributed by atoms with E-state index in [2.05, 4.69) is 14.5 Å². The lowest BCUT2D eigenvalue weighted by atomic mass is 10.1. The van der Waals surface area contributed by atoms with E-state index in [4.69, 9.17) is 5.73 Å². The van der Waals surface area contributed by atoms with Gasteiger partial charge >= 0.3 is 6.18 Å². The molecule has 1 aliphatic heterocycles. The van der Waals surface area contributed by atoms with Crippen LogP contribution >= 0.6 is 0 Å². The number of imidazole rings is 1. The van der Waals surface area contributed by atoms with Crippen LogP contribution in [0.3, 0.4) is 0 Å². The molecule has 0 amide bonds. The minimum Gasteiger partial charge on any atom is -0.383 e. The third-order valence-corrected chi connectivity index (χ3v) is 6.16. The van der Waals surface area contributed by atoms with Crippen LogP contribution in [0.25, 0.3) is 11.3 Å². The minimum absolute atomic E-state index is 0.185. The van der Waals surface area contributed by atoms with E-state index < -0.39 is 24.0 Å². The van der Waals surface area contributed by atoms with Gasteiger partial charge in [-0.15, -0.1) is 0 Å². The molecule has 0 spiro atoms. The molecule has 1 unspecified atom stereocenters. The van der Waals surface area contributed by atoms with Gasteiger partial charge in [-0.2, -0.15) is 13.2 Å². The summed E-state index contributed by atoms with van der Waals surface area (Å²) in [6.07, 6.45) is -1.81. The number of halogens is 5. The third-order valence-electron chi connectivity index (χ3n) is 6.16. The van der Waals surface area contributed by atoms with Gasteiger partial charge in [-0.05, 0) is 30.7 Å². The summed E-state index contributed by atoms with van der Waals surface area (Å²) < 4.78 is 66.9. The molecule has 3 heterocycles. The first-order chi connectivity index (χ1) is 13.7. The van der Waals surface area contributed by atoms with Gasteiger partial charge in [0.1, 0.15) is 11.6 Å². The standard InChI is InChI=1S/C19H20F5N5/c20-15(21)8-28-5-11-12(6-28)16(11)29-7-14(27-18(29)9-1-2-9)10-3-13(19(22,23)24)17(25)26-4-10/h3-4,7,9,11-12,15-16H,1-2,5-6,8H2,(H2,25,26)/t11-,12+,16?. The van der Waals surface area contributed by atoms with Crippen LogP contribution in [-0.2, 0) is 6.18 Å². The Bertz CT molecular complexity index is 924. The van der Waals surface area contributed by atoms with Gasteiger partial charge in [0.2, 0.25) is 0 Å². The maximum atomic E-state index is 13.2. The number of fused-ring (bicyclic) bond motifs is 1. The first kappa shape index (κ1) is 18.8. The van der Waals surface area contributed by atoms with Gasteiger partial charge < -0.3 is 10.3 Å². The summed E-state index contributed by atoms with van der Waals surface area (Å²) in [5.74, 6) is 1.22. The number of nitrogens with two attached hydrogens (primary N) is 1. The minimum atomic E-state index is -4.59. The van der Waals surface area contributed by atoms with Crippen molar-refractivity contribution < 1.29 is 22.0 Å². The number of pyridine rings is 1. The van der Waals surface area contributed by atoms with Gasteiger partial charge in [0.05, 0.1) is 17.8 Å². The quantitative estimate of drug-likeness (QED) is 0.758. The Balaban J connectivity index is 1.42. The van der Waals surface area contributed by atoms with E-state index in [1.165, 1.54) is 6.20 Å². The second kappa shape index (κ2) is 6.38. The summed E-state index contributed by atoms with van der Waals surface area (Å²) in [6, 6.07) is 1.17. The van der Waals surface area contributed by atoms with Crippen LogP contribution < -0.4 is 5.73 Å². The van der Waals surface area contributed by atoms with Crippen molar-refractivity contribution in [1.29, 1.82) is 0 Å². The van der Waals surface area contributed by atoms with E-state index in [1.54, 1.807) is 11.1 Å². The molecule has 5 rings (SSSR count). The Morgan fingerprint density at radius 2 is 1.86 bits per heavy atom. The van der Waals surface area contributed by atoms with Gasteiger partial charge in [0, 0.05) is 43.0 Å². The highest BCUT2D eigenvalue weighted by Crippen LogP contribution is 2.57. The van der Waals surface area contributed by atoms with Gasteiger partial charge in [-0.25, -0.2) is 18.7 Å². The molecular formula is C19H20F5N5. The monoisotopic (exact) mass is 413 g/mol. The highest BCUT2D eigenvalue weighted by atomic mass is 19.4. The van der Waals surface area contributed by atoms with Crippen molar-refractivity contribution in [1.82, 2.24) is 19.4 Å². The van der Waals surface area contributed by atoms with Crippen LogP contribution in [-0.4, -0.2) is 45.5 Å². The molecule has 0 bridgehead atoms. The molecule has 2 aliphatic carbocycles. The van der Waals surface area contributed by atoms with E-state index in [9.17, 15) is 22.0 Å². The number of alkyl halides is 5. The molecular weight excluding hydrogens is 393 g/mol. The molecule has 1 saturated heterocycles. The van der Waals surface area contributed by atoms with E-state index >= 15 is 0 Å². The average Bonchev–Trinajstić information content (AvgIpc) is 3.50. The van der Waals surface area contributed by atoms with Crippen LogP contribution in [0, 0.1) is 11.8 Å². The summed E-state index contributed by atoms with van der Waals surface area (Å²) in [7, 11) is 0. The Kier molecular flexibility index (Phi) is 4.13. The average molecular weight is 413 g/mol. The van der Waals surface area contributed by atoms with E-state index in [1.807, 2.05) is 0 Å². The molecule has 3 atom stereocenters. The molecule has 29 heavy (non-hydrogen) atoms. The Morgan fingerprint density at radius 1 is 1.17 bits per heavy atom. The summed E-state index contributed by atoms with van der Waals surface area (Å²) in [4.78, 5) is 10.1. The number of aromatic nitrogens is 3. The van der Waals surface area contributed by atoms with E-state index in [-0.39, 0.29) is 18.2 Å². The summed E-state index contributed by atoms with van der Waals surface area (Å²) in [5, 5.41) is 0. The van der Waals surface area contributed by atoms with Crippen LogP contribution in [0.2, 0.25) is 0 Å². The number of piperidine rings is 1. The number of nitrogen functional groups attached to an aromatic ring is 1. The SMILES string of the molecule is Nc1ncc(-c2cn(C3[C@H]4CN(CC(F)F)C[C@@H]34)c(C3CC3)n2)cc1C(F)(F)F. The topological polar surface area (TPSA) is 60.0 Å². The molecule has 2 aromatic heterocycles. The lowest BCUT2D eigenvalue weighted by Crippen LogP contribution is -2.30. The number of likely N-dealkylation sites (tertiary alicyclic amines) is 1. The smallest absolute Gasteiger partial charge is 0.383 e. The Morgan fingerprint density at radius 3 is 2.45 bits per heavy atom. The summed E-state index contributed by atoms with van der Waals surface area (Å²) in [6.45, 7) is 1.04. The second-order valence-electron chi connectivity index (χ2n) is 8.25. The second-order valence-corrected chi connectivity index (χ2v) is 8.25. The summed E-state index contributed by atoms with van der Waals surface area (Å²) >= 11 is 0. The van der Waals surface area contributed by atoms with E-state index in [0.29, 0.717) is 36.5 Å². The first-order valence-electron chi connectivity index (χ1n) is 9.64. The van der Waals surface area contributed by atoms with Crippen LogP contribution in [0.1, 0.15) is 36.2 Å². The van der Waals surface area contributed by atoms with Crippen molar-refractivity contribution in [2.75, 3.05) is 25.4 Å².